The van der Waals surface area contributed by atoms with E-state index >= 15 is 0 Å². The van der Waals surface area contributed by atoms with Crippen LogP contribution < -0.4 is 0 Å². The van der Waals surface area contributed by atoms with Crippen LogP contribution in [0.25, 0.3) is 32.3 Å². The van der Waals surface area contributed by atoms with Gasteiger partial charge in [-0.1, -0.05) is 371 Å². The largest absolute Gasteiger partial charge is 0.508 e. The molecule has 0 amide bonds. The van der Waals surface area contributed by atoms with Crippen molar-refractivity contribution in [2.45, 2.75) is 175 Å². The molecule has 3 unspecified atom stereocenters. The summed E-state index contributed by atoms with van der Waals surface area (Å²) in [5.41, 5.74) is 21.9. The summed E-state index contributed by atoms with van der Waals surface area (Å²) in [6.07, 6.45) is 0. The van der Waals surface area contributed by atoms with E-state index in [0.29, 0.717) is 34.5 Å². The highest BCUT2D eigenvalue weighted by Crippen LogP contribution is 2.48. The van der Waals surface area contributed by atoms with Crippen LogP contribution in [0.4, 0.5) is 0 Å². The minimum absolute atomic E-state index is 0.0187. The average Bonchev–Trinajstić information content (AvgIpc) is 1.12. The van der Waals surface area contributed by atoms with E-state index in [4.69, 9.17) is 0 Å². The molecule has 15 aromatic carbocycles. The predicted octanol–water partition coefficient (Wildman–Crippen LogP) is 28.1. The molecule has 0 aliphatic rings. The number of phenolic OH excluding ortho intramolecular Hbond substituents is 6. The third-order valence-corrected chi connectivity index (χ3v) is 26.2. The molecule has 594 valence electrons. The maximum atomic E-state index is 11.2. The van der Waals surface area contributed by atoms with E-state index in [1.165, 1.54) is 105 Å². The van der Waals surface area contributed by atoms with Crippen molar-refractivity contribution < 1.29 is 30.6 Å². The number of benzene rings is 15. The molecule has 15 rings (SSSR count). The Morgan fingerprint density at radius 2 is 0.453 bits per heavy atom. The molecule has 6 N–H and O–H groups in total. The van der Waals surface area contributed by atoms with Gasteiger partial charge in [-0.25, -0.2) is 0 Å². The summed E-state index contributed by atoms with van der Waals surface area (Å²) in [4.78, 5) is 0. The van der Waals surface area contributed by atoms with E-state index in [1.807, 2.05) is 81.4 Å². The zero-order chi connectivity index (χ0) is 83.8. The smallest absolute Gasteiger partial charge is 0.119 e. The highest BCUT2D eigenvalue weighted by molar-refractivity contribution is 6.03. The highest BCUT2D eigenvalue weighted by Gasteiger charge is 2.34. The highest BCUT2D eigenvalue weighted by atomic mass is 16.3. The molecular weight excluding hydrogens is 1430 g/mol. The van der Waals surface area contributed by atoms with Crippen LogP contribution in [0.15, 0.2) is 309 Å². The molecule has 0 aliphatic heterocycles. The maximum Gasteiger partial charge on any atom is 0.119 e. The van der Waals surface area contributed by atoms with Crippen LogP contribution in [0.2, 0.25) is 0 Å². The van der Waals surface area contributed by atoms with Crippen molar-refractivity contribution in [3.63, 3.8) is 0 Å². The van der Waals surface area contributed by atoms with Crippen molar-refractivity contribution in [3.05, 3.63) is 426 Å². The first-order valence-corrected chi connectivity index (χ1v) is 41.2. The van der Waals surface area contributed by atoms with Gasteiger partial charge in [-0.05, 0) is 196 Å². The second-order valence-corrected chi connectivity index (χ2v) is 35.7. The number of rotatable bonds is 18. The van der Waals surface area contributed by atoms with E-state index in [9.17, 15) is 30.6 Å². The third-order valence-electron chi connectivity index (χ3n) is 26.2. The summed E-state index contributed by atoms with van der Waals surface area (Å²) >= 11 is 0. The first-order valence-electron chi connectivity index (χ1n) is 41.2. The molecule has 0 saturated carbocycles. The van der Waals surface area contributed by atoms with Crippen molar-refractivity contribution in [3.8, 4) is 34.5 Å². The monoisotopic (exact) mass is 1540 g/mol. The molecule has 0 spiro atoms. The second kappa shape index (κ2) is 32.9. The molecule has 6 heteroatoms. The summed E-state index contributed by atoms with van der Waals surface area (Å²) in [6, 6.07) is 107. The number of hydrogen-bond donors (Lipinski definition) is 6. The van der Waals surface area contributed by atoms with Crippen LogP contribution in [0.5, 0.6) is 34.5 Å². The molecule has 0 radical (unpaired) electrons. The van der Waals surface area contributed by atoms with Crippen LogP contribution >= 0.6 is 0 Å². The SMILES string of the molecule is Cc1cc(C(C)(C)c2cccc(C(C)(C)c3ccc(O)c(C(C)c4c5ccccc5cc5ccccc45)c3)c2)ccc1O.Cc1cc(C(C)(C)c2cccc(C(C)(C)c3ccc(O)c(C(C)c4cccc5ccccc45)c3)c2)ccc1O.Cc1cc(C(C)(C)c2cccc(C(C)(C)c3ccc(O)c(C(C)c4ccccc4)c3)c2)ccc1O. The molecule has 6 nitrogen and oxygen atoms in total. The Hall–Kier alpha value is -12.1. The maximum absolute atomic E-state index is 11.2. The predicted molar refractivity (Wildman–Crippen MR) is 489 cm³/mol. The minimum atomic E-state index is -0.306. The van der Waals surface area contributed by atoms with Crippen LogP contribution in [0.1, 0.15) is 238 Å². The van der Waals surface area contributed by atoms with Gasteiger partial charge in [-0.15, -0.1) is 0 Å². The Kier molecular flexibility index (Phi) is 23.3. The van der Waals surface area contributed by atoms with E-state index < -0.39 is 0 Å². The van der Waals surface area contributed by atoms with Gasteiger partial charge in [0.05, 0.1) is 0 Å². The van der Waals surface area contributed by atoms with Gasteiger partial charge >= 0.3 is 0 Å². The molecule has 0 saturated heterocycles. The lowest BCUT2D eigenvalue weighted by Crippen LogP contribution is -2.23. The Balaban J connectivity index is 0.000000153. The minimum Gasteiger partial charge on any atom is -0.508 e. The standard InChI is InChI=1S/C41H40O2.C37H38O2.C33H36O2/c1-26-22-32(18-20-37(26)42)40(3,4)30-14-11-15-31(24-30)41(5,6)33-19-21-38(43)36(25-33)27(2)39-34-16-9-7-12-28(34)23-29-13-8-10-17-35(29)39;1-24-21-29(17-19-34(24)38)36(3,4)27-13-10-14-28(22-27)37(5,6)30-18-20-35(39)33(23-30)25(2)31-16-9-12-26-11-7-8-15-32(26)31;1-22-19-27(15-17-30(22)34)32(3,4)25-13-10-14-26(20-25)33(5,6)28-16-18-31(35)29(21-28)23(2)24-11-8-7-9-12-24/h7-25,27,42-43H,1-6H3;7-23,25,38-39H,1-6H3;7-21,23,34-35H,1-6H3. The molecule has 0 aromatic heterocycles. The van der Waals surface area contributed by atoms with Crippen molar-refractivity contribution in [2.24, 2.45) is 0 Å². The van der Waals surface area contributed by atoms with Crippen LogP contribution in [-0.2, 0) is 32.5 Å². The molecule has 0 aliphatic carbocycles. The van der Waals surface area contributed by atoms with Crippen LogP contribution in [-0.4, -0.2) is 30.6 Å². The van der Waals surface area contributed by atoms with Gasteiger partial charge in [0.2, 0.25) is 0 Å². The van der Waals surface area contributed by atoms with Gasteiger partial charge in [0, 0.05) is 66.9 Å². The molecule has 0 bridgehead atoms. The van der Waals surface area contributed by atoms with Gasteiger partial charge < -0.3 is 30.6 Å². The lowest BCUT2D eigenvalue weighted by Gasteiger charge is -2.31. The third kappa shape index (κ3) is 16.6. The van der Waals surface area contributed by atoms with Gasteiger partial charge in [-0.3, -0.25) is 0 Å². The van der Waals surface area contributed by atoms with Crippen molar-refractivity contribution in [1.82, 2.24) is 0 Å². The molecule has 3 atom stereocenters. The van der Waals surface area contributed by atoms with E-state index in [0.717, 1.165) is 44.5 Å². The Labute approximate surface area is 694 Å². The first-order chi connectivity index (χ1) is 55.5. The molecular formula is C111H114O6. The van der Waals surface area contributed by atoms with Gasteiger partial charge in [0.1, 0.15) is 34.5 Å². The molecule has 0 heterocycles. The fraction of sp³-hybridized carbons (Fsp3) is 0.243. The fourth-order valence-corrected chi connectivity index (χ4v) is 17.3. The van der Waals surface area contributed by atoms with Crippen molar-refractivity contribution in [1.29, 1.82) is 0 Å². The Morgan fingerprint density at radius 3 is 0.795 bits per heavy atom. The lowest BCUT2D eigenvalue weighted by molar-refractivity contribution is 0.464. The van der Waals surface area contributed by atoms with Crippen LogP contribution in [0, 0.1) is 20.8 Å². The Morgan fingerprint density at radius 1 is 0.197 bits per heavy atom. The van der Waals surface area contributed by atoms with Gasteiger partial charge in [0.25, 0.3) is 0 Å². The second-order valence-electron chi connectivity index (χ2n) is 35.7. The van der Waals surface area contributed by atoms with Crippen LogP contribution in [0.3, 0.4) is 0 Å². The summed E-state index contributed by atoms with van der Waals surface area (Å²) in [7, 11) is 0. The van der Waals surface area contributed by atoms with Crippen molar-refractivity contribution in [2.75, 3.05) is 0 Å². The zero-order valence-electron chi connectivity index (χ0n) is 71.4. The normalized spacial score (nSPS) is 13.0. The van der Waals surface area contributed by atoms with E-state index in [1.54, 1.807) is 18.2 Å². The van der Waals surface area contributed by atoms with E-state index in [-0.39, 0.29) is 50.2 Å². The van der Waals surface area contributed by atoms with Gasteiger partial charge in [0.15, 0.2) is 0 Å². The number of aromatic hydroxyl groups is 6. The average molecular weight is 1540 g/mol. The number of hydrogen-bond acceptors (Lipinski definition) is 6. The molecule has 117 heavy (non-hydrogen) atoms. The molecule has 0 fully saturated rings. The number of aryl methyl sites for hydroxylation is 3. The number of fused-ring (bicyclic) bond motifs is 3. The van der Waals surface area contributed by atoms with E-state index in [2.05, 4.69) is 334 Å². The zero-order valence-corrected chi connectivity index (χ0v) is 71.4. The fourth-order valence-electron chi connectivity index (χ4n) is 17.3. The van der Waals surface area contributed by atoms with Gasteiger partial charge in [-0.2, -0.15) is 0 Å². The Bertz CT molecular complexity index is 6090. The number of phenols is 6. The first kappa shape index (κ1) is 82.8. The summed E-state index contributed by atoms with van der Waals surface area (Å²) in [5.74, 6) is 2.06. The quantitative estimate of drug-likeness (QED) is 0.0476. The summed E-state index contributed by atoms with van der Waals surface area (Å²) in [6.45, 7) is 39.3. The molecule has 15 aromatic rings. The van der Waals surface area contributed by atoms with Crippen molar-refractivity contribution >= 4 is 32.3 Å². The summed E-state index contributed by atoms with van der Waals surface area (Å²) < 4.78 is 0. The lowest BCUT2D eigenvalue weighted by atomic mass is 9.72. The summed E-state index contributed by atoms with van der Waals surface area (Å²) in [5, 5.41) is 70.4. The topological polar surface area (TPSA) is 121 Å².